The molecule has 0 bridgehead atoms. The molecule has 3 rings (SSSR count). The smallest absolute Gasteiger partial charge is 0.387 e. The first-order chi connectivity index (χ1) is 16.1. The van der Waals surface area contributed by atoms with Crippen molar-refractivity contribution in [1.29, 1.82) is 0 Å². The van der Waals surface area contributed by atoms with Gasteiger partial charge in [0.1, 0.15) is 36.6 Å². The van der Waals surface area contributed by atoms with Crippen molar-refractivity contribution in [2.75, 3.05) is 6.61 Å². The van der Waals surface area contributed by atoms with Gasteiger partial charge in [0.15, 0.2) is 18.3 Å². The Labute approximate surface area is 194 Å². The van der Waals surface area contributed by atoms with Gasteiger partial charge in [-0.2, -0.15) is 4.31 Å². The molecule has 18 nitrogen and oxygen atoms in total. The second-order valence-electron chi connectivity index (χ2n) is 7.47. The minimum Gasteiger partial charge on any atom is -0.387 e. The number of ketones is 1. The lowest BCUT2D eigenvalue weighted by Gasteiger charge is -2.34. The predicted octanol–water partition coefficient (Wildman–Crippen LogP) is -3.56. The minimum atomic E-state index is -5.53. The van der Waals surface area contributed by atoms with Gasteiger partial charge in [-0.05, 0) is 6.92 Å². The van der Waals surface area contributed by atoms with Crippen molar-refractivity contribution >= 4 is 21.4 Å². The van der Waals surface area contributed by atoms with Crippen LogP contribution in [0.4, 0.5) is 0 Å². The zero-order valence-electron chi connectivity index (χ0n) is 17.6. The Bertz CT molecular complexity index is 1150. The van der Waals surface area contributed by atoms with Crippen LogP contribution in [0, 0.1) is 0 Å². The zero-order valence-corrected chi connectivity index (χ0v) is 19.4. The van der Waals surface area contributed by atoms with E-state index in [9.17, 15) is 53.7 Å². The van der Waals surface area contributed by atoms with Crippen molar-refractivity contribution in [3.05, 3.63) is 33.1 Å². The molecule has 0 spiro atoms. The van der Waals surface area contributed by atoms with E-state index in [0.29, 0.717) is 0 Å². The summed E-state index contributed by atoms with van der Waals surface area (Å²) < 4.78 is 48.0. The molecule has 7 N–H and O–H groups in total. The molecule has 2 aliphatic heterocycles. The molecule has 1 aromatic rings. The summed E-state index contributed by atoms with van der Waals surface area (Å²) in [6.07, 6.45) is -13.3. The van der Waals surface area contributed by atoms with Gasteiger partial charge < -0.3 is 39.7 Å². The second-order valence-corrected chi connectivity index (χ2v) is 10.5. The number of Topliss-reactive ketones (excluding diaryl/α,β-unsaturated/α-hetero) is 1. The Hall–Kier alpha value is -1.63. The summed E-state index contributed by atoms with van der Waals surface area (Å²) in [5, 5.41) is 39.6. The van der Waals surface area contributed by atoms with Crippen LogP contribution in [0.5, 0.6) is 0 Å². The first kappa shape index (κ1) is 27.9. The number of H-pyrrole nitrogens is 1. The maximum absolute atomic E-state index is 12.1. The van der Waals surface area contributed by atoms with Crippen LogP contribution in [0.3, 0.4) is 0 Å². The molecule has 10 atom stereocenters. The molecule has 0 radical (unpaired) electrons. The van der Waals surface area contributed by atoms with Gasteiger partial charge in [0, 0.05) is 12.3 Å². The average Bonchev–Trinajstić information content (AvgIpc) is 3.02. The van der Waals surface area contributed by atoms with Crippen LogP contribution in [-0.4, -0.2) is 95.1 Å². The van der Waals surface area contributed by atoms with Crippen LogP contribution < -0.4 is 11.2 Å². The molecule has 2 aliphatic rings. The molecule has 0 amide bonds. The summed E-state index contributed by atoms with van der Waals surface area (Å²) in [5.41, 5.74) is -1.73. The number of nitrogens with zero attached hydrogens (tertiary/aromatic N) is 1. The average molecular weight is 548 g/mol. The molecular formula is C15H22N2O16P2. The Morgan fingerprint density at radius 2 is 1.69 bits per heavy atom. The Balaban J connectivity index is 1.61. The standard InChI is InChI=1S/C15H22N2O16P2/c1-5-8(19)10(21)12(23)14(30-5)32-35(27,28)33-34(25,26)29-4-6-9(20)11(22)13(31-6)17-3-2-7(18)16-15(17)24/h2-3,5-6,9-14,20-23H,4H2,1H3,(H,25,26)(H,27,28)(H,16,18,24). The molecule has 0 aliphatic carbocycles. The number of carbonyl (C=O) groups excluding carboxylic acids is 1. The van der Waals surface area contributed by atoms with Gasteiger partial charge in [-0.15, -0.1) is 0 Å². The molecule has 3 heterocycles. The molecular weight excluding hydrogens is 526 g/mol. The summed E-state index contributed by atoms with van der Waals surface area (Å²) in [6, 6.07) is 0.935. The lowest BCUT2D eigenvalue weighted by Crippen LogP contribution is -2.54. The Morgan fingerprint density at radius 1 is 1.03 bits per heavy atom. The van der Waals surface area contributed by atoms with Crippen molar-refractivity contribution < 1.29 is 67.0 Å². The summed E-state index contributed by atoms with van der Waals surface area (Å²) in [5.74, 6) is -0.943. The third-order valence-electron chi connectivity index (χ3n) is 4.94. The number of carbonyl (C=O) groups is 1. The second kappa shape index (κ2) is 10.4. The highest BCUT2D eigenvalue weighted by molar-refractivity contribution is 7.61. The number of ether oxygens (including phenoxy) is 2. The normalized spacial score (nSPS) is 37.1. The number of aromatic amines is 1. The first-order valence-electron chi connectivity index (χ1n) is 9.70. The number of aliphatic hydroxyl groups is 4. The highest BCUT2D eigenvalue weighted by Gasteiger charge is 2.48. The van der Waals surface area contributed by atoms with E-state index in [1.54, 1.807) is 0 Å². The topological polar surface area (TPSA) is 274 Å². The summed E-state index contributed by atoms with van der Waals surface area (Å²) >= 11 is 0. The van der Waals surface area contributed by atoms with E-state index in [1.807, 2.05) is 4.98 Å². The lowest BCUT2D eigenvalue weighted by molar-refractivity contribution is -0.226. The maximum Gasteiger partial charge on any atom is 0.483 e. The molecule has 1 aromatic heterocycles. The molecule has 0 aromatic carbocycles. The first-order valence-corrected chi connectivity index (χ1v) is 12.7. The van der Waals surface area contributed by atoms with Crippen molar-refractivity contribution in [3.8, 4) is 0 Å². The van der Waals surface area contributed by atoms with Gasteiger partial charge in [-0.3, -0.25) is 28.2 Å². The number of phosphoric acid groups is 2. The number of aliphatic hydroxyl groups excluding tert-OH is 4. The van der Waals surface area contributed by atoms with Crippen LogP contribution in [0.2, 0.25) is 0 Å². The van der Waals surface area contributed by atoms with E-state index in [-0.39, 0.29) is 0 Å². The number of nitrogens with one attached hydrogen (secondary N) is 1. The van der Waals surface area contributed by atoms with Gasteiger partial charge in [0.05, 0.1) is 6.61 Å². The quantitative estimate of drug-likeness (QED) is 0.155. The van der Waals surface area contributed by atoms with Crippen molar-refractivity contribution in [2.45, 2.75) is 56.1 Å². The molecule has 10 unspecified atom stereocenters. The summed E-state index contributed by atoms with van der Waals surface area (Å²) in [7, 11) is -11.0. The van der Waals surface area contributed by atoms with Gasteiger partial charge in [0.2, 0.25) is 0 Å². The number of phosphoric ester groups is 2. The van der Waals surface area contributed by atoms with Gasteiger partial charge in [-0.25, -0.2) is 13.9 Å². The highest BCUT2D eigenvalue weighted by atomic mass is 31.3. The fourth-order valence-electron chi connectivity index (χ4n) is 3.19. The van der Waals surface area contributed by atoms with Crippen molar-refractivity contribution in [3.63, 3.8) is 0 Å². The number of rotatable bonds is 8. The largest absolute Gasteiger partial charge is 0.483 e. The SMILES string of the molecule is CC1OC(OP(=O)(O)OP(=O)(O)OCC2OC(n3ccc(=O)[nH]c3=O)C(O)C2O)C(O)C(O)C1=O. The Kier molecular flexibility index (Phi) is 8.30. The molecule has 0 saturated carbocycles. The van der Waals surface area contributed by atoms with Gasteiger partial charge >= 0.3 is 21.3 Å². The van der Waals surface area contributed by atoms with E-state index in [2.05, 4.69) is 13.4 Å². The van der Waals surface area contributed by atoms with Gasteiger partial charge in [-0.1, -0.05) is 0 Å². The molecule has 2 saturated heterocycles. The van der Waals surface area contributed by atoms with Crippen LogP contribution >= 0.6 is 15.6 Å². The third kappa shape index (κ3) is 6.39. The molecule has 198 valence electrons. The van der Waals surface area contributed by atoms with E-state index in [4.69, 9.17) is 9.47 Å². The van der Waals surface area contributed by atoms with Crippen LogP contribution in [0.1, 0.15) is 13.2 Å². The predicted molar refractivity (Wildman–Crippen MR) is 106 cm³/mol. The maximum atomic E-state index is 12.1. The van der Waals surface area contributed by atoms with Crippen LogP contribution in [0.15, 0.2) is 21.9 Å². The number of hydrogen-bond acceptors (Lipinski definition) is 14. The number of hydrogen-bond donors (Lipinski definition) is 7. The molecule has 35 heavy (non-hydrogen) atoms. The fraction of sp³-hybridized carbons (Fsp3) is 0.667. The lowest BCUT2D eigenvalue weighted by atomic mass is 10.0. The van der Waals surface area contributed by atoms with E-state index < -0.39 is 88.4 Å². The third-order valence-corrected chi connectivity index (χ3v) is 7.54. The van der Waals surface area contributed by atoms with Crippen molar-refractivity contribution in [2.24, 2.45) is 0 Å². The van der Waals surface area contributed by atoms with E-state index in [1.165, 1.54) is 0 Å². The van der Waals surface area contributed by atoms with Crippen LogP contribution in [0.25, 0.3) is 0 Å². The molecule has 2 fully saturated rings. The van der Waals surface area contributed by atoms with E-state index in [0.717, 1.165) is 23.8 Å². The van der Waals surface area contributed by atoms with Gasteiger partial charge in [0.25, 0.3) is 5.56 Å². The zero-order chi connectivity index (χ0) is 26.3. The number of aromatic nitrogens is 2. The minimum absolute atomic E-state index is 0.732. The Morgan fingerprint density at radius 3 is 2.31 bits per heavy atom. The fourth-order valence-corrected chi connectivity index (χ4v) is 5.35. The summed E-state index contributed by atoms with van der Waals surface area (Å²) in [4.78, 5) is 56.0. The van der Waals surface area contributed by atoms with E-state index >= 15 is 0 Å². The summed E-state index contributed by atoms with van der Waals surface area (Å²) in [6.45, 7) is 0.139. The molecule has 20 heteroatoms. The van der Waals surface area contributed by atoms with Crippen molar-refractivity contribution in [1.82, 2.24) is 9.55 Å². The monoisotopic (exact) mass is 548 g/mol. The van der Waals surface area contributed by atoms with Crippen LogP contribution in [-0.2, 0) is 36.8 Å². The highest BCUT2D eigenvalue weighted by Crippen LogP contribution is 2.61.